The molecule has 2 amide bonds. The lowest BCUT2D eigenvalue weighted by molar-refractivity contribution is 0.249. The number of nitrogens with two attached hydrogens (primary N) is 1. The molecule has 100 valence electrons. The Morgan fingerprint density at radius 1 is 1.21 bits per heavy atom. The summed E-state index contributed by atoms with van der Waals surface area (Å²) in [6, 6.07) is 10.9. The highest BCUT2D eigenvalue weighted by Crippen LogP contribution is 2.22. The maximum atomic E-state index is 11.8. The van der Waals surface area contributed by atoms with Crippen LogP contribution >= 0.6 is 11.3 Å². The van der Waals surface area contributed by atoms with Crippen LogP contribution < -0.4 is 16.4 Å². The molecule has 0 aliphatic heterocycles. The summed E-state index contributed by atoms with van der Waals surface area (Å²) < 4.78 is 0. The van der Waals surface area contributed by atoms with Crippen molar-refractivity contribution in [3.05, 3.63) is 46.2 Å². The zero-order chi connectivity index (χ0) is 13.8. The van der Waals surface area contributed by atoms with Gasteiger partial charge >= 0.3 is 6.03 Å². The summed E-state index contributed by atoms with van der Waals surface area (Å²) in [6.45, 7) is 4.02. The lowest BCUT2D eigenvalue weighted by Gasteiger charge is -2.13. The van der Waals surface area contributed by atoms with Crippen LogP contribution in [0, 0.1) is 6.92 Å². The third-order valence-electron chi connectivity index (χ3n) is 2.70. The molecule has 5 heteroatoms. The molecule has 4 nitrogen and oxygen atoms in total. The first-order chi connectivity index (χ1) is 9.04. The van der Waals surface area contributed by atoms with Crippen LogP contribution in [0.3, 0.4) is 0 Å². The lowest BCUT2D eigenvalue weighted by Crippen LogP contribution is -2.30. The van der Waals surface area contributed by atoms with Crippen LogP contribution in [0.4, 0.5) is 16.2 Å². The Kier molecular flexibility index (Phi) is 4.06. The van der Waals surface area contributed by atoms with Crippen molar-refractivity contribution in [1.29, 1.82) is 0 Å². The Morgan fingerprint density at radius 2 is 1.89 bits per heavy atom. The molecule has 0 saturated carbocycles. The molecule has 19 heavy (non-hydrogen) atoms. The monoisotopic (exact) mass is 275 g/mol. The second-order valence-corrected chi connectivity index (χ2v) is 5.71. The highest BCUT2D eigenvalue weighted by atomic mass is 32.1. The van der Waals surface area contributed by atoms with Crippen molar-refractivity contribution in [2.75, 3.05) is 11.1 Å². The lowest BCUT2D eigenvalue weighted by atomic mass is 10.2. The van der Waals surface area contributed by atoms with Gasteiger partial charge in [0.2, 0.25) is 0 Å². The summed E-state index contributed by atoms with van der Waals surface area (Å²) in [5.74, 6) is 0. The highest BCUT2D eigenvalue weighted by Gasteiger charge is 2.11. The quantitative estimate of drug-likeness (QED) is 0.750. The normalized spacial score (nSPS) is 11.9. The minimum atomic E-state index is -0.219. The number of benzene rings is 1. The summed E-state index contributed by atoms with van der Waals surface area (Å²) in [6.07, 6.45) is 0. The first kappa shape index (κ1) is 13.4. The predicted octanol–water partition coefficient (Wildman–Crippen LogP) is 3.52. The van der Waals surface area contributed by atoms with Gasteiger partial charge in [0.15, 0.2) is 0 Å². The summed E-state index contributed by atoms with van der Waals surface area (Å²) in [5.41, 5.74) is 6.99. The molecule has 1 atom stereocenters. The number of anilines is 2. The number of aryl methyl sites for hydroxylation is 1. The number of thiophene rings is 1. The van der Waals surface area contributed by atoms with E-state index < -0.39 is 0 Å². The molecule has 4 N–H and O–H groups in total. The Hall–Kier alpha value is -2.01. The van der Waals surface area contributed by atoms with E-state index >= 15 is 0 Å². The smallest absolute Gasteiger partial charge is 0.319 e. The van der Waals surface area contributed by atoms with Gasteiger partial charge in [-0.3, -0.25) is 0 Å². The van der Waals surface area contributed by atoms with Crippen molar-refractivity contribution in [2.45, 2.75) is 19.9 Å². The molecule has 0 radical (unpaired) electrons. The van der Waals surface area contributed by atoms with Crippen LogP contribution in [0.15, 0.2) is 36.4 Å². The van der Waals surface area contributed by atoms with Gasteiger partial charge in [-0.15, -0.1) is 11.3 Å². The average Bonchev–Trinajstić information content (AvgIpc) is 2.79. The molecule has 1 aromatic heterocycles. The predicted molar refractivity (Wildman–Crippen MR) is 80.5 cm³/mol. The van der Waals surface area contributed by atoms with Crippen LogP contribution in [-0.4, -0.2) is 6.03 Å². The Morgan fingerprint density at radius 3 is 2.47 bits per heavy atom. The molecule has 1 heterocycles. The second kappa shape index (κ2) is 5.75. The molecule has 1 aromatic carbocycles. The fraction of sp³-hybridized carbons (Fsp3) is 0.214. The van der Waals surface area contributed by atoms with E-state index in [4.69, 9.17) is 5.73 Å². The topological polar surface area (TPSA) is 67.2 Å². The SMILES string of the molecule is Cc1ccc(C(C)NC(=O)Nc2ccc(N)cc2)s1. The van der Waals surface area contributed by atoms with Gasteiger partial charge in [-0.1, -0.05) is 0 Å². The van der Waals surface area contributed by atoms with Crippen molar-refractivity contribution >= 4 is 28.7 Å². The molecule has 2 aromatic rings. The largest absolute Gasteiger partial charge is 0.399 e. The fourth-order valence-corrected chi connectivity index (χ4v) is 2.57. The van der Waals surface area contributed by atoms with Crippen molar-refractivity contribution in [3.8, 4) is 0 Å². The van der Waals surface area contributed by atoms with E-state index in [0.29, 0.717) is 5.69 Å². The molecule has 0 fully saturated rings. The zero-order valence-electron chi connectivity index (χ0n) is 10.9. The Labute approximate surface area is 116 Å². The summed E-state index contributed by atoms with van der Waals surface area (Å²) >= 11 is 1.69. The molecule has 0 saturated heterocycles. The van der Waals surface area contributed by atoms with E-state index in [0.717, 1.165) is 10.6 Å². The van der Waals surface area contributed by atoms with Gasteiger partial charge in [0.05, 0.1) is 6.04 Å². The summed E-state index contributed by atoms with van der Waals surface area (Å²) in [5, 5.41) is 5.68. The summed E-state index contributed by atoms with van der Waals surface area (Å²) in [7, 11) is 0. The maximum absolute atomic E-state index is 11.8. The molecule has 2 rings (SSSR count). The van der Waals surface area contributed by atoms with Gasteiger partial charge in [0.1, 0.15) is 0 Å². The van der Waals surface area contributed by atoms with Gasteiger partial charge in [-0.2, -0.15) is 0 Å². The van der Waals surface area contributed by atoms with E-state index in [9.17, 15) is 4.79 Å². The van der Waals surface area contributed by atoms with Crippen molar-refractivity contribution in [1.82, 2.24) is 5.32 Å². The average molecular weight is 275 g/mol. The first-order valence-corrected chi connectivity index (χ1v) is 6.85. The zero-order valence-corrected chi connectivity index (χ0v) is 11.8. The number of carbonyl (C=O) groups excluding carboxylic acids is 1. The number of hydrogen-bond acceptors (Lipinski definition) is 3. The van der Waals surface area contributed by atoms with E-state index in [-0.39, 0.29) is 12.1 Å². The van der Waals surface area contributed by atoms with Crippen LogP contribution in [-0.2, 0) is 0 Å². The van der Waals surface area contributed by atoms with Crippen LogP contribution in [0.2, 0.25) is 0 Å². The van der Waals surface area contributed by atoms with Crippen LogP contribution in [0.5, 0.6) is 0 Å². The van der Waals surface area contributed by atoms with Gasteiger partial charge in [0, 0.05) is 21.1 Å². The van der Waals surface area contributed by atoms with Gasteiger partial charge < -0.3 is 16.4 Å². The number of amides is 2. The molecule has 0 bridgehead atoms. The van der Waals surface area contributed by atoms with Crippen molar-refractivity contribution in [2.24, 2.45) is 0 Å². The van der Waals surface area contributed by atoms with E-state index in [1.165, 1.54) is 4.88 Å². The standard InChI is InChI=1S/C14H17N3OS/c1-9-3-8-13(19-9)10(2)16-14(18)17-12-6-4-11(15)5-7-12/h3-8,10H,15H2,1-2H3,(H2,16,17,18). The van der Waals surface area contributed by atoms with Crippen LogP contribution in [0.25, 0.3) is 0 Å². The maximum Gasteiger partial charge on any atom is 0.319 e. The number of nitrogen functional groups attached to an aromatic ring is 1. The van der Waals surface area contributed by atoms with Crippen molar-refractivity contribution in [3.63, 3.8) is 0 Å². The van der Waals surface area contributed by atoms with Crippen LogP contribution in [0.1, 0.15) is 22.7 Å². The molecular formula is C14H17N3OS. The number of rotatable bonds is 3. The minimum absolute atomic E-state index is 0.00696. The molecule has 1 unspecified atom stereocenters. The van der Waals surface area contributed by atoms with Gasteiger partial charge in [0.25, 0.3) is 0 Å². The third-order valence-corrected chi connectivity index (χ3v) is 3.89. The van der Waals surface area contributed by atoms with E-state index in [1.54, 1.807) is 35.6 Å². The second-order valence-electron chi connectivity index (χ2n) is 4.39. The van der Waals surface area contributed by atoms with E-state index in [2.05, 4.69) is 23.6 Å². The fourth-order valence-electron chi connectivity index (χ4n) is 1.69. The third kappa shape index (κ3) is 3.72. The molecule has 0 spiro atoms. The highest BCUT2D eigenvalue weighted by molar-refractivity contribution is 7.12. The van der Waals surface area contributed by atoms with E-state index in [1.807, 2.05) is 13.0 Å². The van der Waals surface area contributed by atoms with Crippen molar-refractivity contribution < 1.29 is 4.79 Å². The summed E-state index contributed by atoms with van der Waals surface area (Å²) in [4.78, 5) is 14.2. The number of hydrogen-bond donors (Lipinski definition) is 3. The molecular weight excluding hydrogens is 258 g/mol. The molecule has 0 aliphatic carbocycles. The van der Waals surface area contributed by atoms with Gasteiger partial charge in [-0.05, 0) is 50.2 Å². The number of carbonyl (C=O) groups is 1. The molecule has 0 aliphatic rings. The first-order valence-electron chi connectivity index (χ1n) is 6.04. The Balaban J connectivity index is 1.92. The number of nitrogens with one attached hydrogen (secondary N) is 2. The minimum Gasteiger partial charge on any atom is -0.399 e. The Bertz CT molecular complexity index is 562. The van der Waals surface area contributed by atoms with Gasteiger partial charge in [-0.25, -0.2) is 4.79 Å². The number of urea groups is 1.